The van der Waals surface area contributed by atoms with Gasteiger partial charge >= 0.3 is 0 Å². The van der Waals surface area contributed by atoms with Crippen LogP contribution < -0.4 is 14.5 Å². The number of nitrogens with zero attached hydrogens (tertiary/aromatic N) is 2. The van der Waals surface area contributed by atoms with Gasteiger partial charge < -0.3 is 10.2 Å². The highest BCUT2D eigenvalue weighted by molar-refractivity contribution is 7.92. The zero-order valence-corrected chi connectivity index (χ0v) is 18.9. The van der Waals surface area contributed by atoms with Gasteiger partial charge in [-0.25, -0.2) is 8.42 Å². The van der Waals surface area contributed by atoms with Crippen LogP contribution in [0.1, 0.15) is 48.7 Å². The van der Waals surface area contributed by atoms with Crippen LogP contribution in [-0.4, -0.2) is 40.7 Å². The maximum atomic E-state index is 12.6. The van der Waals surface area contributed by atoms with E-state index in [1.54, 1.807) is 24.3 Å². The maximum Gasteiger partial charge on any atom is 0.251 e. The molecule has 0 spiro atoms. The van der Waals surface area contributed by atoms with E-state index >= 15 is 0 Å². The second kappa shape index (κ2) is 9.08. The molecule has 0 bridgehead atoms. The van der Waals surface area contributed by atoms with Crippen LogP contribution in [0, 0.1) is 5.92 Å². The van der Waals surface area contributed by atoms with E-state index in [1.807, 2.05) is 6.92 Å². The molecular formula is C23H31N3O3S. The first-order chi connectivity index (χ1) is 14.1. The fourth-order valence-electron chi connectivity index (χ4n) is 3.78. The van der Waals surface area contributed by atoms with Crippen molar-refractivity contribution in [2.45, 2.75) is 32.7 Å². The highest BCUT2D eigenvalue weighted by atomic mass is 32.2. The van der Waals surface area contributed by atoms with Crippen LogP contribution in [-0.2, 0) is 10.0 Å². The van der Waals surface area contributed by atoms with Gasteiger partial charge in [0.1, 0.15) is 0 Å². The Hall–Kier alpha value is -2.54. The molecule has 1 fully saturated rings. The van der Waals surface area contributed by atoms with Crippen molar-refractivity contribution >= 4 is 27.3 Å². The van der Waals surface area contributed by atoms with Crippen molar-refractivity contribution < 1.29 is 13.2 Å². The summed E-state index contributed by atoms with van der Waals surface area (Å²) in [6, 6.07) is 14.8. The molecule has 0 aromatic heterocycles. The van der Waals surface area contributed by atoms with Gasteiger partial charge in [0, 0.05) is 31.4 Å². The van der Waals surface area contributed by atoms with Gasteiger partial charge in [0.2, 0.25) is 10.0 Å². The van der Waals surface area contributed by atoms with E-state index in [9.17, 15) is 13.2 Å². The first-order valence-electron chi connectivity index (χ1n) is 10.3. The molecule has 1 amide bonds. The lowest BCUT2D eigenvalue weighted by Gasteiger charge is -2.33. The number of hydrogen-bond donors (Lipinski definition) is 1. The second-order valence-electron chi connectivity index (χ2n) is 8.26. The molecular weight excluding hydrogens is 398 g/mol. The Morgan fingerprint density at radius 1 is 1.13 bits per heavy atom. The molecule has 1 aliphatic heterocycles. The molecule has 1 heterocycles. The number of piperidine rings is 1. The van der Waals surface area contributed by atoms with E-state index in [1.165, 1.54) is 29.9 Å². The van der Waals surface area contributed by atoms with Gasteiger partial charge in [0.15, 0.2) is 0 Å². The van der Waals surface area contributed by atoms with Gasteiger partial charge in [0.25, 0.3) is 5.91 Å². The minimum atomic E-state index is -3.33. The zero-order valence-electron chi connectivity index (χ0n) is 18.1. The van der Waals surface area contributed by atoms with Gasteiger partial charge in [-0.05, 0) is 67.6 Å². The number of nitrogens with one attached hydrogen (secondary N) is 1. The molecule has 0 radical (unpaired) electrons. The van der Waals surface area contributed by atoms with Crippen molar-refractivity contribution in [1.29, 1.82) is 0 Å². The minimum absolute atomic E-state index is 0.134. The summed E-state index contributed by atoms with van der Waals surface area (Å²) in [6.45, 7) is 6.45. The summed E-state index contributed by atoms with van der Waals surface area (Å²) in [5, 5.41) is 3.01. The van der Waals surface area contributed by atoms with E-state index in [0.29, 0.717) is 11.3 Å². The average Bonchev–Trinajstić information content (AvgIpc) is 2.72. The molecule has 2 aromatic rings. The Bertz CT molecular complexity index is 972. The molecule has 162 valence electrons. The van der Waals surface area contributed by atoms with E-state index in [-0.39, 0.29) is 11.9 Å². The molecule has 2 aromatic carbocycles. The molecule has 0 aliphatic carbocycles. The smallest absolute Gasteiger partial charge is 0.251 e. The van der Waals surface area contributed by atoms with Gasteiger partial charge in [-0.2, -0.15) is 0 Å². The van der Waals surface area contributed by atoms with Gasteiger partial charge in [-0.15, -0.1) is 0 Å². The first-order valence-corrected chi connectivity index (χ1v) is 12.2. The molecule has 7 heteroatoms. The third kappa shape index (κ3) is 5.33. The van der Waals surface area contributed by atoms with Crippen LogP contribution in [0.15, 0.2) is 48.5 Å². The van der Waals surface area contributed by atoms with Crippen LogP contribution in [0.25, 0.3) is 0 Å². The van der Waals surface area contributed by atoms with Gasteiger partial charge in [0.05, 0.1) is 18.0 Å². The largest absolute Gasteiger partial charge is 0.371 e. The molecule has 1 aliphatic rings. The number of amides is 1. The van der Waals surface area contributed by atoms with Crippen LogP contribution in [0.5, 0.6) is 0 Å². The first kappa shape index (κ1) is 22.2. The van der Waals surface area contributed by atoms with Crippen LogP contribution >= 0.6 is 0 Å². The third-order valence-electron chi connectivity index (χ3n) is 5.75. The number of sulfonamides is 1. The van der Waals surface area contributed by atoms with Crippen LogP contribution in [0.4, 0.5) is 11.4 Å². The standard InChI is InChI=1S/C23H31N3O3S/c1-17-6-5-15-26(16-17)22-13-7-19(8-14-22)18(2)24-23(27)20-9-11-21(12-10-20)25(3)30(4,28)29/h7-14,17-18H,5-6,15-16H2,1-4H3,(H,24,27)/t17-,18+/m0/s1. The molecule has 2 atom stereocenters. The predicted octanol–water partition coefficient (Wildman–Crippen LogP) is 3.81. The van der Waals surface area contributed by atoms with Crippen LogP contribution in [0.3, 0.4) is 0 Å². The highest BCUT2D eigenvalue weighted by Gasteiger charge is 2.18. The lowest BCUT2D eigenvalue weighted by molar-refractivity contribution is 0.0940. The normalized spacial score (nSPS) is 18.0. The highest BCUT2D eigenvalue weighted by Crippen LogP contribution is 2.25. The predicted molar refractivity (Wildman–Crippen MR) is 123 cm³/mol. The lowest BCUT2D eigenvalue weighted by Crippen LogP contribution is -2.34. The molecule has 0 saturated carbocycles. The second-order valence-corrected chi connectivity index (χ2v) is 10.3. The number of anilines is 2. The summed E-state index contributed by atoms with van der Waals surface area (Å²) >= 11 is 0. The summed E-state index contributed by atoms with van der Waals surface area (Å²) < 4.78 is 24.5. The number of hydrogen-bond acceptors (Lipinski definition) is 4. The fraction of sp³-hybridized carbons (Fsp3) is 0.435. The topological polar surface area (TPSA) is 69.7 Å². The number of benzene rings is 2. The molecule has 3 rings (SSSR count). The van der Waals surface area contributed by atoms with Crippen molar-refractivity contribution in [2.24, 2.45) is 5.92 Å². The summed E-state index contributed by atoms with van der Waals surface area (Å²) in [6.07, 6.45) is 3.67. The van der Waals surface area contributed by atoms with Crippen molar-refractivity contribution in [3.05, 3.63) is 59.7 Å². The molecule has 6 nitrogen and oxygen atoms in total. The average molecular weight is 430 g/mol. The van der Waals surface area contributed by atoms with Crippen molar-refractivity contribution in [3.8, 4) is 0 Å². The lowest BCUT2D eigenvalue weighted by atomic mass is 9.99. The maximum absolute atomic E-state index is 12.6. The quantitative estimate of drug-likeness (QED) is 0.758. The van der Waals surface area contributed by atoms with Crippen LogP contribution in [0.2, 0.25) is 0 Å². The summed E-state index contributed by atoms with van der Waals surface area (Å²) in [5.74, 6) is 0.533. The third-order valence-corrected chi connectivity index (χ3v) is 6.96. The molecule has 30 heavy (non-hydrogen) atoms. The fourth-order valence-corrected chi connectivity index (χ4v) is 4.28. The number of carbonyl (C=O) groups excluding carboxylic acids is 1. The SMILES string of the molecule is C[C@H]1CCCN(c2ccc([C@@H](C)NC(=O)c3ccc(N(C)S(C)(=O)=O)cc3)cc2)C1. The minimum Gasteiger partial charge on any atom is -0.371 e. The number of carbonyl (C=O) groups is 1. The molecule has 1 N–H and O–H groups in total. The van der Waals surface area contributed by atoms with Crippen molar-refractivity contribution in [3.63, 3.8) is 0 Å². The van der Waals surface area contributed by atoms with Gasteiger partial charge in [-0.1, -0.05) is 19.1 Å². The number of rotatable bonds is 6. The zero-order chi connectivity index (χ0) is 21.9. The summed E-state index contributed by atoms with van der Waals surface area (Å²) in [5.41, 5.74) is 3.29. The van der Waals surface area contributed by atoms with Crippen molar-refractivity contribution in [2.75, 3.05) is 35.6 Å². The Labute approximate surface area is 179 Å². The Balaban J connectivity index is 1.62. The molecule has 1 saturated heterocycles. The Morgan fingerprint density at radius 2 is 1.77 bits per heavy atom. The van der Waals surface area contributed by atoms with E-state index in [2.05, 4.69) is 41.4 Å². The Kier molecular flexibility index (Phi) is 6.71. The monoisotopic (exact) mass is 429 g/mol. The summed E-state index contributed by atoms with van der Waals surface area (Å²) in [7, 11) is -1.84. The molecule has 0 unspecified atom stereocenters. The van der Waals surface area contributed by atoms with E-state index in [4.69, 9.17) is 0 Å². The van der Waals surface area contributed by atoms with Crippen molar-refractivity contribution in [1.82, 2.24) is 5.32 Å². The Morgan fingerprint density at radius 3 is 2.33 bits per heavy atom. The van der Waals surface area contributed by atoms with Gasteiger partial charge in [-0.3, -0.25) is 9.10 Å². The van der Waals surface area contributed by atoms with E-state index < -0.39 is 10.0 Å². The summed E-state index contributed by atoms with van der Waals surface area (Å²) in [4.78, 5) is 15.0. The van der Waals surface area contributed by atoms with E-state index in [0.717, 1.165) is 30.8 Å².